The topological polar surface area (TPSA) is 114 Å². The molecule has 9 nitrogen and oxygen atoms in total. The van der Waals surface area contributed by atoms with Gasteiger partial charge in [-0.1, -0.05) is 6.07 Å². The van der Waals surface area contributed by atoms with Crippen LogP contribution in [0.3, 0.4) is 0 Å². The number of aliphatic carboxylic acids is 1. The molecule has 37 heavy (non-hydrogen) atoms. The van der Waals surface area contributed by atoms with Gasteiger partial charge in [-0.05, 0) is 50.3 Å². The van der Waals surface area contributed by atoms with Crippen LogP contribution in [0.1, 0.15) is 56.9 Å². The van der Waals surface area contributed by atoms with E-state index in [9.17, 15) is 27.1 Å². The molecule has 2 N–H and O–H groups in total. The molecule has 1 aliphatic carbocycles. The molecule has 1 aromatic carbocycles. The van der Waals surface area contributed by atoms with Gasteiger partial charge < -0.3 is 24.6 Å². The summed E-state index contributed by atoms with van der Waals surface area (Å²) in [6, 6.07) is 3.68. The van der Waals surface area contributed by atoms with Crippen LogP contribution in [0.25, 0.3) is 0 Å². The number of hydrogen-bond donors (Lipinski definition) is 2. The van der Waals surface area contributed by atoms with E-state index in [2.05, 4.69) is 5.32 Å². The SMILES string of the molecule is Cc1ccc(S(=O)(=O)N2CCC[C@H]2C(=O)O)c(OCCC2(CCNC3CCC(F)(F)CC3)OCCO2)c1. The maximum atomic E-state index is 13.4. The molecule has 4 rings (SSSR count). The van der Waals surface area contributed by atoms with Gasteiger partial charge in [-0.15, -0.1) is 0 Å². The fourth-order valence-electron chi connectivity index (χ4n) is 5.28. The number of halogens is 2. The number of rotatable bonds is 11. The van der Waals surface area contributed by atoms with E-state index in [0.29, 0.717) is 51.9 Å². The first-order chi connectivity index (χ1) is 17.5. The van der Waals surface area contributed by atoms with Crippen molar-refractivity contribution >= 4 is 16.0 Å². The second-order valence-electron chi connectivity index (χ2n) is 10.1. The van der Waals surface area contributed by atoms with Gasteiger partial charge in [0.1, 0.15) is 16.7 Å². The Kier molecular flexibility index (Phi) is 8.74. The molecule has 2 heterocycles. The number of carboxylic acids is 1. The van der Waals surface area contributed by atoms with Crippen LogP contribution in [0.4, 0.5) is 8.78 Å². The van der Waals surface area contributed by atoms with Gasteiger partial charge in [0.15, 0.2) is 5.79 Å². The van der Waals surface area contributed by atoms with Gasteiger partial charge in [-0.3, -0.25) is 4.79 Å². The van der Waals surface area contributed by atoms with Crippen LogP contribution in [-0.2, 0) is 24.3 Å². The Hall–Kier alpha value is -1.86. The molecule has 0 bridgehead atoms. The molecule has 1 aromatic rings. The normalized spacial score (nSPS) is 24.4. The summed E-state index contributed by atoms with van der Waals surface area (Å²) in [6.07, 6.45) is 2.22. The zero-order valence-electron chi connectivity index (χ0n) is 21.1. The average molecular weight is 547 g/mol. The minimum absolute atomic E-state index is 0.0367. The first-order valence-corrected chi connectivity index (χ1v) is 14.3. The van der Waals surface area contributed by atoms with Crippen molar-refractivity contribution in [2.45, 2.75) is 87.0 Å². The molecule has 2 aliphatic heterocycles. The largest absolute Gasteiger partial charge is 0.492 e. The average Bonchev–Trinajstić information content (AvgIpc) is 3.51. The van der Waals surface area contributed by atoms with Crippen molar-refractivity contribution in [3.63, 3.8) is 0 Å². The summed E-state index contributed by atoms with van der Waals surface area (Å²) in [5.74, 6) is -4.48. The first-order valence-electron chi connectivity index (χ1n) is 12.9. The van der Waals surface area contributed by atoms with E-state index >= 15 is 0 Å². The lowest BCUT2D eigenvalue weighted by molar-refractivity contribution is -0.170. The maximum Gasteiger partial charge on any atom is 0.322 e. The summed E-state index contributed by atoms with van der Waals surface area (Å²) < 4.78 is 72.3. The van der Waals surface area contributed by atoms with Crippen molar-refractivity contribution in [2.24, 2.45) is 0 Å². The van der Waals surface area contributed by atoms with Gasteiger partial charge in [0.05, 0.1) is 19.8 Å². The number of carbonyl (C=O) groups is 1. The third-order valence-electron chi connectivity index (χ3n) is 7.38. The lowest BCUT2D eigenvalue weighted by atomic mass is 9.92. The van der Waals surface area contributed by atoms with Crippen LogP contribution in [0, 0.1) is 6.92 Å². The van der Waals surface area contributed by atoms with E-state index in [1.54, 1.807) is 12.1 Å². The predicted octanol–water partition coefficient (Wildman–Crippen LogP) is 3.30. The molecule has 1 atom stereocenters. The Bertz CT molecular complexity index is 1050. The highest BCUT2D eigenvalue weighted by Gasteiger charge is 2.41. The second kappa shape index (κ2) is 11.5. The van der Waals surface area contributed by atoms with Crippen LogP contribution in [0.5, 0.6) is 5.75 Å². The fourth-order valence-corrected chi connectivity index (χ4v) is 7.05. The third kappa shape index (κ3) is 6.78. The van der Waals surface area contributed by atoms with Crippen LogP contribution < -0.4 is 10.1 Å². The molecule has 0 amide bonds. The maximum absolute atomic E-state index is 13.4. The molecule has 1 saturated carbocycles. The molecule has 208 valence electrons. The van der Waals surface area contributed by atoms with Gasteiger partial charge in [-0.25, -0.2) is 17.2 Å². The van der Waals surface area contributed by atoms with Gasteiger partial charge in [0.25, 0.3) is 0 Å². The van der Waals surface area contributed by atoms with E-state index in [-0.39, 0.29) is 49.1 Å². The molecular weight excluding hydrogens is 510 g/mol. The Balaban J connectivity index is 1.37. The van der Waals surface area contributed by atoms with Gasteiger partial charge >= 0.3 is 5.97 Å². The number of carboxylic acid groups (broad SMARTS) is 1. The first kappa shape index (κ1) is 28.2. The Morgan fingerprint density at radius 3 is 2.57 bits per heavy atom. The number of ether oxygens (including phenoxy) is 3. The molecule has 12 heteroatoms. The molecule has 3 fully saturated rings. The Labute approximate surface area is 216 Å². The second-order valence-corrected chi connectivity index (χ2v) is 12.0. The lowest BCUT2D eigenvalue weighted by Crippen LogP contribution is -2.41. The number of nitrogens with zero attached hydrogens (tertiary/aromatic N) is 1. The zero-order valence-corrected chi connectivity index (χ0v) is 21.9. The van der Waals surface area contributed by atoms with Crippen LogP contribution >= 0.6 is 0 Å². The molecule has 0 radical (unpaired) electrons. The van der Waals surface area contributed by atoms with Crippen molar-refractivity contribution in [3.05, 3.63) is 23.8 Å². The Morgan fingerprint density at radius 2 is 1.89 bits per heavy atom. The van der Waals surface area contributed by atoms with Crippen molar-refractivity contribution in [1.29, 1.82) is 0 Å². The summed E-state index contributed by atoms with van der Waals surface area (Å²) in [5.41, 5.74) is 0.801. The minimum Gasteiger partial charge on any atom is -0.492 e. The van der Waals surface area contributed by atoms with Crippen molar-refractivity contribution in [1.82, 2.24) is 9.62 Å². The summed E-state index contributed by atoms with van der Waals surface area (Å²) in [4.78, 5) is 11.5. The van der Waals surface area contributed by atoms with Crippen molar-refractivity contribution in [2.75, 3.05) is 32.9 Å². The van der Waals surface area contributed by atoms with E-state index in [0.717, 1.165) is 9.87 Å². The highest BCUT2D eigenvalue weighted by atomic mass is 32.2. The van der Waals surface area contributed by atoms with Gasteiger partial charge in [0.2, 0.25) is 15.9 Å². The summed E-state index contributed by atoms with van der Waals surface area (Å²) in [7, 11) is -4.08. The monoisotopic (exact) mass is 546 g/mol. The summed E-state index contributed by atoms with van der Waals surface area (Å²) in [6.45, 7) is 3.45. The summed E-state index contributed by atoms with van der Waals surface area (Å²) >= 11 is 0. The van der Waals surface area contributed by atoms with E-state index in [1.807, 2.05) is 6.92 Å². The highest BCUT2D eigenvalue weighted by Crippen LogP contribution is 2.35. The minimum atomic E-state index is -4.08. The number of aryl methyl sites for hydroxylation is 1. The highest BCUT2D eigenvalue weighted by molar-refractivity contribution is 7.89. The van der Waals surface area contributed by atoms with Crippen LogP contribution in [0.15, 0.2) is 23.1 Å². The smallest absolute Gasteiger partial charge is 0.322 e. The van der Waals surface area contributed by atoms with E-state index in [1.165, 1.54) is 6.07 Å². The molecule has 2 saturated heterocycles. The van der Waals surface area contributed by atoms with Crippen molar-refractivity contribution < 1.29 is 41.3 Å². The number of nitrogens with one attached hydrogen (secondary N) is 1. The quantitative estimate of drug-likeness (QED) is 0.435. The number of hydrogen-bond acceptors (Lipinski definition) is 7. The van der Waals surface area contributed by atoms with Gasteiger partial charge in [-0.2, -0.15) is 4.31 Å². The van der Waals surface area contributed by atoms with E-state index in [4.69, 9.17) is 14.2 Å². The standard InChI is InChI=1S/C25H36F2N2O7S/c1-18-4-5-22(37(32,33)29-13-2-3-20(29)23(30)31)21(17-18)34-14-11-25(35-15-16-36-25)10-12-28-19-6-8-24(26,27)9-7-19/h4-5,17,19-20,28H,2-3,6-16H2,1H3,(H,30,31)/t20-/m0/s1. The zero-order chi connectivity index (χ0) is 26.7. The number of alkyl halides is 2. The number of benzene rings is 1. The number of sulfonamides is 1. The van der Waals surface area contributed by atoms with Crippen molar-refractivity contribution in [3.8, 4) is 5.75 Å². The molecular formula is C25H36F2N2O7S. The van der Waals surface area contributed by atoms with E-state index < -0.39 is 33.7 Å². The molecule has 0 spiro atoms. The summed E-state index contributed by atoms with van der Waals surface area (Å²) in [5, 5.41) is 12.8. The molecule has 3 aliphatic rings. The van der Waals surface area contributed by atoms with Crippen LogP contribution in [0.2, 0.25) is 0 Å². The molecule has 0 unspecified atom stereocenters. The third-order valence-corrected chi connectivity index (χ3v) is 9.33. The predicted molar refractivity (Wildman–Crippen MR) is 130 cm³/mol. The molecule has 0 aromatic heterocycles. The van der Waals surface area contributed by atoms with Gasteiger partial charge in [0, 0.05) is 44.8 Å². The lowest BCUT2D eigenvalue weighted by Gasteiger charge is -2.31. The Morgan fingerprint density at radius 1 is 1.19 bits per heavy atom. The fraction of sp³-hybridized carbons (Fsp3) is 0.720. The van der Waals surface area contributed by atoms with Crippen LogP contribution in [-0.4, -0.2) is 80.5 Å².